The number of hydrogen-bond donors (Lipinski definition) is 1. The second kappa shape index (κ2) is 6.79. The van der Waals surface area contributed by atoms with Gasteiger partial charge < -0.3 is 5.32 Å². The fourth-order valence-corrected chi connectivity index (χ4v) is 3.16. The Kier molecular flexibility index (Phi) is 4.57. The van der Waals surface area contributed by atoms with Gasteiger partial charge in [-0.15, -0.1) is 0 Å². The molecule has 0 aliphatic carbocycles. The summed E-state index contributed by atoms with van der Waals surface area (Å²) in [7, 11) is 0. The molecule has 3 rings (SSSR count). The third-order valence-corrected chi connectivity index (χ3v) is 4.21. The number of thioether (sulfide) groups is 1. The highest BCUT2D eigenvalue weighted by atomic mass is 32.2. The molecule has 0 fully saturated rings. The number of aromatic nitrogens is 2. The molecule has 1 heterocycles. The van der Waals surface area contributed by atoms with Crippen molar-refractivity contribution in [2.45, 2.75) is 19.0 Å². The summed E-state index contributed by atoms with van der Waals surface area (Å²) in [6.45, 7) is 3.85. The summed E-state index contributed by atoms with van der Waals surface area (Å²) in [5.41, 5.74) is 2.65. The molecule has 2 aromatic carbocycles. The molecule has 0 aliphatic rings. The molecule has 0 atom stereocenters. The number of fused-ring (bicyclic) bond motifs is 1. The maximum absolute atomic E-state index is 12.2. The zero-order valence-corrected chi connectivity index (χ0v) is 13.9. The van der Waals surface area contributed by atoms with E-state index in [0.717, 1.165) is 27.8 Å². The first-order valence-corrected chi connectivity index (χ1v) is 8.33. The van der Waals surface area contributed by atoms with Crippen LogP contribution in [0.25, 0.3) is 10.8 Å². The highest BCUT2D eigenvalue weighted by Crippen LogP contribution is 2.23. The predicted octanol–water partition coefficient (Wildman–Crippen LogP) is 3.98. The minimum absolute atomic E-state index is 0.0610. The summed E-state index contributed by atoms with van der Waals surface area (Å²) in [5.74, 6) is 0.223. The maximum Gasteiger partial charge on any atom is 0.234 e. The van der Waals surface area contributed by atoms with Gasteiger partial charge in [-0.2, -0.15) is 0 Å². The summed E-state index contributed by atoms with van der Waals surface area (Å²) in [6.07, 6.45) is 0. The smallest absolute Gasteiger partial charge is 0.234 e. The van der Waals surface area contributed by atoms with Crippen LogP contribution >= 0.6 is 11.8 Å². The molecule has 0 radical (unpaired) electrons. The van der Waals surface area contributed by atoms with Gasteiger partial charge in [-0.05, 0) is 31.4 Å². The lowest BCUT2D eigenvalue weighted by Crippen LogP contribution is -2.14. The van der Waals surface area contributed by atoms with Crippen molar-refractivity contribution in [3.8, 4) is 0 Å². The molecule has 5 heteroatoms. The Bertz CT molecular complexity index is 838. The van der Waals surface area contributed by atoms with Crippen LogP contribution in [0.5, 0.6) is 0 Å². The van der Waals surface area contributed by atoms with Crippen molar-refractivity contribution < 1.29 is 4.79 Å². The largest absolute Gasteiger partial charge is 0.325 e. The van der Waals surface area contributed by atoms with Gasteiger partial charge in [0.1, 0.15) is 0 Å². The molecule has 0 bridgehead atoms. The van der Waals surface area contributed by atoms with E-state index in [2.05, 4.69) is 15.3 Å². The predicted molar refractivity (Wildman–Crippen MR) is 94.8 cm³/mol. The lowest BCUT2D eigenvalue weighted by atomic mass is 10.1. The van der Waals surface area contributed by atoms with Crippen LogP contribution in [0.2, 0.25) is 0 Å². The van der Waals surface area contributed by atoms with Crippen LogP contribution in [-0.2, 0) is 4.79 Å². The van der Waals surface area contributed by atoms with E-state index >= 15 is 0 Å². The normalized spacial score (nSPS) is 10.7. The molecule has 0 aliphatic heterocycles. The van der Waals surface area contributed by atoms with Gasteiger partial charge in [0.15, 0.2) is 5.16 Å². The molecule has 0 unspecified atom stereocenters. The Labute approximate surface area is 139 Å². The quantitative estimate of drug-likeness (QED) is 0.583. The number of nitrogens with zero attached hydrogens (tertiary/aromatic N) is 2. The van der Waals surface area contributed by atoms with Crippen LogP contribution in [0.4, 0.5) is 5.69 Å². The summed E-state index contributed by atoms with van der Waals surface area (Å²) in [4.78, 5) is 20.9. The van der Waals surface area contributed by atoms with E-state index in [1.807, 2.05) is 62.4 Å². The Morgan fingerprint density at radius 3 is 2.52 bits per heavy atom. The number of carbonyl (C=O) groups excluding carboxylic acids is 1. The lowest BCUT2D eigenvalue weighted by molar-refractivity contribution is -0.113. The minimum Gasteiger partial charge on any atom is -0.325 e. The topological polar surface area (TPSA) is 54.9 Å². The molecule has 1 amide bonds. The molecule has 0 saturated carbocycles. The van der Waals surface area contributed by atoms with Gasteiger partial charge in [-0.1, -0.05) is 48.2 Å². The van der Waals surface area contributed by atoms with Gasteiger partial charge in [0.2, 0.25) is 5.91 Å². The fourth-order valence-electron chi connectivity index (χ4n) is 2.41. The minimum atomic E-state index is -0.0610. The number of hydrogen-bond acceptors (Lipinski definition) is 4. The van der Waals surface area contributed by atoms with Crippen molar-refractivity contribution in [3.05, 3.63) is 59.9 Å². The maximum atomic E-state index is 12.2. The second-order valence-corrected chi connectivity index (χ2v) is 6.24. The number of rotatable bonds is 4. The van der Waals surface area contributed by atoms with E-state index in [1.165, 1.54) is 11.8 Å². The molecule has 23 heavy (non-hydrogen) atoms. The van der Waals surface area contributed by atoms with Crippen LogP contribution in [0.3, 0.4) is 0 Å². The van der Waals surface area contributed by atoms with Crippen molar-refractivity contribution in [1.29, 1.82) is 0 Å². The van der Waals surface area contributed by atoms with Crippen molar-refractivity contribution in [3.63, 3.8) is 0 Å². The van der Waals surface area contributed by atoms with Gasteiger partial charge >= 0.3 is 0 Å². The van der Waals surface area contributed by atoms with Crippen LogP contribution in [0.1, 0.15) is 11.4 Å². The molecule has 3 aromatic rings. The van der Waals surface area contributed by atoms with E-state index in [0.29, 0.717) is 5.16 Å². The second-order valence-electron chi connectivity index (χ2n) is 5.30. The number of aryl methyl sites for hydroxylation is 2. The number of nitrogens with one attached hydrogen (secondary N) is 1. The molecule has 4 nitrogen and oxygen atoms in total. The summed E-state index contributed by atoms with van der Waals surface area (Å²) in [6, 6.07) is 15.8. The van der Waals surface area contributed by atoms with E-state index in [9.17, 15) is 4.79 Å². The SMILES string of the molecule is Cc1cc(C)nc(SCC(=O)Nc2cccc3ccccc23)n1. The fraction of sp³-hybridized carbons (Fsp3) is 0.167. The first-order valence-electron chi connectivity index (χ1n) is 7.34. The molecular weight excluding hydrogens is 306 g/mol. The Hall–Kier alpha value is -2.40. The average Bonchev–Trinajstić information content (AvgIpc) is 2.52. The van der Waals surface area contributed by atoms with Crippen molar-refractivity contribution in [1.82, 2.24) is 9.97 Å². The van der Waals surface area contributed by atoms with Crippen molar-refractivity contribution in [2.75, 3.05) is 11.1 Å². The third-order valence-electron chi connectivity index (χ3n) is 3.36. The number of carbonyl (C=O) groups is 1. The summed E-state index contributed by atoms with van der Waals surface area (Å²) < 4.78 is 0. The first kappa shape index (κ1) is 15.5. The van der Waals surface area contributed by atoms with Crippen molar-refractivity contribution in [2.24, 2.45) is 0 Å². The molecule has 0 saturated heterocycles. The standard InChI is InChI=1S/C18H17N3OS/c1-12-10-13(2)20-18(19-12)23-11-17(22)21-16-9-5-7-14-6-3-4-8-15(14)16/h3-10H,11H2,1-2H3,(H,21,22). The van der Waals surface area contributed by atoms with Crippen LogP contribution in [0, 0.1) is 13.8 Å². The monoisotopic (exact) mass is 323 g/mol. The Morgan fingerprint density at radius 2 is 1.74 bits per heavy atom. The summed E-state index contributed by atoms with van der Waals surface area (Å²) >= 11 is 1.35. The van der Waals surface area contributed by atoms with Gasteiger partial charge in [0, 0.05) is 22.5 Å². The van der Waals surface area contributed by atoms with Gasteiger partial charge in [-0.25, -0.2) is 9.97 Å². The van der Waals surface area contributed by atoms with Gasteiger partial charge in [0.25, 0.3) is 0 Å². The molecule has 1 N–H and O–H groups in total. The van der Waals surface area contributed by atoms with Gasteiger partial charge in [0.05, 0.1) is 5.75 Å². The molecule has 116 valence electrons. The number of benzene rings is 2. The van der Waals surface area contributed by atoms with E-state index in [1.54, 1.807) is 0 Å². The highest BCUT2D eigenvalue weighted by Gasteiger charge is 2.08. The van der Waals surface area contributed by atoms with E-state index in [4.69, 9.17) is 0 Å². The average molecular weight is 323 g/mol. The molecule has 0 spiro atoms. The number of anilines is 1. The Morgan fingerprint density at radius 1 is 1.04 bits per heavy atom. The van der Waals surface area contributed by atoms with Crippen LogP contribution < -0.4 is 5.32 Å². The van der Waals surface area contributed by atoms with Crippen LogP contribution in [-0.4, -0.2) is 21.6 Å². The first-order chi connectivity index (χ1) is 11.1. The zero-order chi connectivity index (χ0) is 16.2. The lowest BCUT2D eigenvalue weighted by Gasteiger charge is -2.08. The molecular formula is C18H17N3OS. The van der Waals surface area contributed by atoms with Crippen molar-refractivity contribution >= 4 is 34.1 Å². The molecule has 1 aromatic heterocycles. The zero-order valence-electron chi connectivity index (χ0n) is 13.0. The van der Waals surface area contributed by atoms with Crippen LogP contribution in [0.15, 0.2) is 53.7 Å². The van der Waals surface area contributed by atoms with E-state index < -0.39 is 0 Å². The van der Waals surface area contributed by atoms with E-state index in [-0.39, 0.29) is 11.7 Å². The number of amides is 1. The van der Waals surface area contributed by atoms with Gasteiger partial charge in [-0.3, -0.25) is 4.79 Å². The highest BCUT2D eigenvalue weighted by molar-refractivity contribution is 7.99. The summed E-state index contributed by atoms with van der Waals surface area (Å²) in [5, 5.41) is 5.75. The Balaban J connectivity index is 1.69. The third kappa shape index (κ3) is 3.87.